The Bertz CT molecular complexity index is 298. The lowest BCUT2D eigenvalue weighted by Crippen LogP contribution is -2.62. The first-order chi connectivity index (χ1) is 6.89. The van der Waals surface area contributed by atoms with Gasteiger partial charge in [-0.2, -0.15) is 5.26 Å². The van der Waals surface area contributed by atoms with Crippen LogP contribution >= 0.6 is 11.6 Å². The Morgan fingerprint density at radius 2 is 2.20 bits per heavy atom. The molecule has 1 fully saturated rings. The van der Waals surface area contributed by atoms with Crippen molar-refractivity contribution < 1.29 is 4.79 Å². The minimum absolute atomic E-state index is 0.0792. The first-order valence-corrected chi connectivity index (χ1v) is 5.37. The second kappa shape index (κ2) is 4.38. The van der Waals surface area contributed by atoms with Crippen molar-refractivity contribution in [2.45, 2.75) is 24.8 Å². The van der Waals surface area contributed by atoms with Crippen LogP contribution in [0.3, 0.4) is 0 Å². The number of halogens is 1. The lowest BCUT2D eigenvalue weighted by molar-refractivity contribution is -0.146. The van der Waals surface area contributed by atoms with Gasteiger partial charge in [-0.1, -0.05) is 0 Å². The van der Waals surface area contributed by atoms with Gasteiger partial charge < -0.3 is 4.90 Å². The average Bonchev–Trinajstić information content (AvgIpc) is 2.19. The number of rotatable bonds is 2. The van der Waals surface area contributed by atoms with Gasteiger partial charge in [-0.05, 0) is 13.8 Å². The monoisotopic (exact) mass is 229 g/mol. The van der Waals surface area contributed by atoms with E-state index in [1.807, 2.05) is 24.8 Å². The Morgan fingerprint density at radius 3 is 2.73 bits per heavy atom. The largest absolute Gasteiger partial charge is 0.343 e. The topological polar surface area (TPSA) is 47.3 Å². The van der Waals surface area contributed by atoms with E-state index in [1.165, 1.54) is 0 Å². The first kappa shape index (κ1) is 12.3. The summed E-state index contributed by atoms with van der Waals surface area (Å²) >= 11 is 5.78. The zero-order valence-electron chi connectivity index (χ0n) is 9.33. The van der Waals surface area contributed by atoms with Crippen LogP contribution < -0.4 is 0 Å². The van der Waals surface area contributed by atoms with Crippen LogP contribution in [0, 0.1) is 11.3 Å². The Morgan fingerprint density at radius 1 is 1.60 bits per heavy atom. The van der Waals surface area contributed by atoms with Crippen molar-refractivity contribution in [3.05, 3.63) is 0 Å². The lowest BCUT2D eigenvalue weighted by atomic mass is 9.97. The Hall–Kier alpha value is -0.790. The van der Waals surface area contributed by atoms with E-state index < -0.39 is 10.9 Å². The smallest absolute Gasteiger partial charge is 0.242 e. The predicted molar refractivity (Wildman–Crippen MR) is 58.5 cm³/mol. The summed E-state index contributed by atoms with van der Waals surface area (Å²) in [5, 5.41) is 8.09. The van der Waals surface area contributed by atoms with Crippen LogP contribution in [0.15, 0.2) is 0 Å². The molecule has 0 aliphatic carbocycles. The maximum absolute atomic E-state index is 11.9. The van der Waals surface area contributed by atoms with Gasteiger partial charge in [0, 0.05) is 26.7 Å². The van der Waals surface area contributed by atoms with Gasteiger partial charge in [0.25, 0.3) is 0 Å². The normalized spacial score (nSPS) is 23.7. The predicted octanol–water partition coefficient (Wildman–Crippen LogP) is 0.670. The summed E-state index contributed by atoms with van der Waals surface area (Å²) in [5.74, 6) is 0.0792. The molecule has 1 saturated heterocycles. The number of carbonyl (C=O) groups excluding carboxylic acids is 1. The van der Waals surface area contributed by atoms with Crippen molar-refractivity contribution in [1.29, 1.82) is 5.26 Å². The molecule has 1 amide bonds. The van der Waals surface area contributed by atoms with Gasteiger partial charge in [0.05, 0.1) is 11.6 Å². The van der Waals surface area contributed by atoms with Crippen molar-refractivity contribution in [1.82, 2.24) is 9.80 Å². The van der Waals surface area contributed by atoms with E-state index in [0.29, 0.717) is 13.1 Å². The number of piperazine rings is 1. The molecule has 0 radical (unpaired) electrons. The van der Waals surface area contributed by atoms with E-state index in [4.69, 9.17) is 16.9 Å². The third-order valence-corrected chi connectivity index (χ3v) is 3.12. The number of amides is 1. The molecule has 0 aromatic heterocycles. The summed E-state index contributed by atoms with van der Waals surface area (Å²) in [6.45, 7) is 5.63. The molecule has 5 heteroatoms. The maximum Gasteiger partial charge on any atom is 0.242 e. The maximum atomic E-state index is 11.9. The second-order valence-electron chi connectivity index (χ2n) is 4.33. The number of alkyl halides is 1. The molecule has 0 bridgehead atoms. The van der Waals surface area contributed by atoms with Crippen LogP contribution in [0.2, 0.25) is 0 Å². The molecule has 1 atom stereocenters. The van der Waals surface area contributed by atoms with E-state index in [0.717, 1.165) is 6.54 Å². The first-order valence-electron chi connectivity index (χ1n) is 4.94. The van der Waals surface area contributed by atoms with Crippen LogP contribution in [-0.4, -0.2) is 53.3 Å². The van der Waals surface area contributed by atoms with Gasteiger partial charge in [-0.15, -0.1) is 11.6 Å². The molecule has 0 N–H and O–H groups in total. The van der Waals surface area contributed by atoms with Crippen molar-refractivity contribution >= 4 is 17.5 Å². The molecular weight excluding hydrogens is 214 g/mol. The third-order valence-electron chi connectivity index (χ3n) is 2.89. The van der Waals surface area contributed by atoms with E-state index in [1.54, 1.807) is 11.9 Å². The molecule has 0 aromatic rings. The summed E-state index contributed by atoms with van der Waals surface area (Å²) in [6, 6.07) is 1.97. The number of hydrogen-bond donors (Lipinski definition) is 0. The molecule has 0 saturated carbocycles. The highest BCUT2D eigenvalue weighted by atomic mass is 35.5. The minimum atomic E-state index is -0.559. The summed E-state index contributed by atoms with van der Waals surface area (Å²) in [7, 11) is 1.80. The van der Waals surface area contributed by atoms with Crippen LogP contribution in [0.4, 0.5) is 0 Å². The van der Waals surface area contributed by atoms with Crippen LogP contribution in [0.1, 0.15) is 13.8 Å². The number of likely N-dealkylation sites (N-methyl/N-ethyl adjacent to an activating group) is 1. The van der Waals surface area contributed by atoms with Crippen molar-refractivity contribution in [3.8, 4) is 6.07 Å². The summed E-state index contributed by atoms with van der Waals surface area (Å²) in [4.78, 5) is 15.6. The number of nitrogens with zero attached hydrogens (tertiary/aromatic N) is 3. The average molecular weight is 230 g/mol. The third kappa shape index (κ3) is 2.42. The quantitative estimate of drug-likeness (QED) is 0.654. The molecule has 1 unspecified atom stereocenters. The van der Waals surface area contributed by atoms with Gasteiger partial charge in [-0.25, -0.2) is 0 Å². The van der Waals surface area contributed by atoms with Gasteiger partial charge >= 0.3 is 0 Å². The summed E-state index contributed by atoms with van der Waals surface area (Å²) in [6.07, 6.45) is 0. The molecule has 1 aliphatic rings. The molecule has 1 rings (SSSR count). The van der Waals surface area contributed by atoms with Crippen molar-refractivity contribution in [2.24, 2.45) is 0 Å². The molecule has 15 heavy (non-hydrogen) atoms. The minimum Gasteiger partial charge on any atom is -0.343 e. The molecule has 1 aliphatic heterocycles. The fraction of sp³-hybridized carbons (Fsp3) is 0.800. The molecule has 1 heterocycles. The highest BCUT2D eigenvalue weighted by molar-refractivity contribution is 6.22. The van der Waals surface area contributed by atoms with Gasteiger partial charge in [0.1, 0.15) is 5.38 Å². The van der Waals surface area contributed by atoms with E-state index in [9.17, 15) is 4.79 Å². The summed E-state index contributed by atoms with van der Waals surface area (Å²) < 4.78 is 0. The molecule has 84 valence electrons. The van der Waals surface area contributed by atoms with Crippen molar-refractivity contribution in [2.75, 3.05) is 26.7 Å². The van der Waals surface area contributed by atoms with Gasteiger partial charge in [0.2, 0.25) is 5.91 Å². The SMILES string of the molecule is CN1CCN(CC(Cl)C#N)C(C)(C)C1=O. The number of carbonyl (C=O) groups is 1. The lowest BCUT2D eigenvalue weighted by Gasteiger charge is -2.44. The van der Waals surface area contributed by atoms with E-state index >= 15 is 0 Å². The fourth-order valence-corrected chi connectivity index (χ4v) is 1.97. The molecule has 0 aromatic carbocycles. The van der Waals surface area contributed by atoms with Gasteiger partial charge in [-0.3, -0.25) is 9.69 Å². The molecular formula is C10H16ClN3O. The molecule has 4 nitrogen and oxygen atoms in total. The fourth-order valence-electron chi connectivity index (χ4n) is 1.81. The standard InChI is InChI=1S/C10H16ClN3O/c1-10(2)9(15)13(3)4-5-14(10)7-8(11)6-12/h8H,4-5,7H2,1-3H3. The Labute approximate surface area is 95.4 Å². The Balaban J connectivity index is 2.75. The van der Waals surface area contributed by atoms with Crippen LogP contribution in [-0.2, 0) is 4.79 Å². The van der Waals surface area contributed by atoms with Crippen LogP contribution in [0.25, 0.3) is 0 Å². The highest BCUT2D eigenvalue weighted by Crippen LogP contribution is 2.22. The zero-order chi connectivity index (χ0) is 11.6. The molecule has 0 spiro atoms. The Kier molecular flexibility index (Phi) is 3.58. The second-order valence-corrected chi connectivity index (χ2v) is 4.86. The van der Waals surface area contributed by atoms with Crippen LogP contribution in [0.5, 0.6) is 0 Å². The van der Waals surface area contributed by atoms with Gasteiger partial charge in [0.15, 0.2) is 0 Å². The number of nitriles is 1. The summed E-state index contributed by atoms with van der Waals surface area (Å²) in [5.41, 5.74) is -0.559. The zero-order valence-corrected chi connectivity index (χ0v) is 10.1. The van der Waals surface area contributed by atoms with Crippen molar-refractivity contribution in [3.63, 3.8) is 0 Å². The van der Waals surface area contributed by atoms with E-state index in [2.05, 4.69) is 0 Å². The highest BCUT2D eigenvalue weighted by Gasteiger charge is 2.40. The number of hydrogen-bond acceptors (Lipinski definition) is 3. The van der Waals surface area contributed by atoms with E-state index in [-0.39, 0.29) is 5.91 Å².